The molecule has 1 aromatic heterocycles. The number of nitrogens with one attached hydrogen (secondary N) is 2. The smallest absolute Gasteiger partial charge is 0.219 e. The molecule has 1 saturated carbocycles. The number of halogens is 1. The Balaban J connectivity index is 1.18. The molecule has 8 heteroatoms. The summed E-state index contributed by atoms with van der Waals surface area (Å²) in [5.41, 5.74) is 3.35. The third-order valence-corrected chi connectivity index (χ3v) is 8.55. The number of piperazine rings is 1. The Labute approximate surface area is 205 Å². The summed E-state index contributed by atoms with van der Waals surface area (Å²) in [6.45, 7) is 6.46. The standard InChI is InChI=1S/C25H34ClN5OS/c1-17(32)31-11-9-30(10-12-31)8-4-7-21-16-33-25(28-21)23-14-18-13-19(26)15-22(24(18)29-23)27-20-5-2-3-6-20/h13-15,20-21,27,29H,2-12,16H2,1H3/t21-/m1/s1. The summed E-state index contributed by atoms with van der Waals surface area (Å²) in [6, 6.07) is 7.22. The molecule has 3 heterocycles. The number of carbonyl (C=O) groups excluding carboxylic acids is 1. The van der Waals surface area contributed by atoms with Gasteiger partial charge in [0.1, 0.15) is 5.04 Å². The van der Waals surface area contributed by atoms with Crippen LogP contribution in [0.4, 0.5) is 5.69 Å². The monoisotopic (exact) mass is 487 g/mol. The normalized spacial score (nSPS) is 22.3. The van der Waals surface area contributed by atoms with Crippen molar-refractivity contribution in [3.8, 4) is 0 Å². The average Bonchev–Trinajstić information content (AvgIpc) is 3.55. The number of hydrogen-bond donors (Lipinski definition) is 2. The number of aromatic nitrogens is 1. The molecule has 1 amide bonds. The maximum atomic E-state index is 11.5. The van der Waals surface area contributed by atoms with Crippen LogP contribution in [0.1, 0.15) is 51.1 Å². The molecule has 0 spiro atoms. The highest BCUT2D eigenvalue weighted by Crippen LogP contribution is 2.33. The van der Waals surface area contributed by atoms with Crippen LogP contribution < -0.4 is 5.32 Å². The molecule has 1 aliphatic carbocycles. The van der Waals surface area contributed by atoms with Gasteiger partial charge < -0.3 is 15.2 Å². The minimum atomic E-state index is 0.195. The predicted octanol–water partition coefficient (Wildman–Crippen LogP) is 4.98. The van der Waals surface area contributed by atoms with E-state index >= 15 is 0 Å². The SMILES string of the molecule is CC(=O)N1CCN(CCC[C@@H]2CSC(c3cc4cc(Cl)cc(NC5CCCC5)c4[nH]3)=N2)CC1. The van der Waals surface area contributed by atoms with Crippen LogP contribution in [0, 0.1) is 0 Å². The molecule has 178 valence electrons. The molecule has 2 aliphatic heterocycles. The Hall–Kier alpha value is -1.70. The Kier molecular flexibility index (Phi) is 7.18. The predicted molar refractivity (Wildman–Crippen MR) is 140 cm³/mol. The molecule has 6 nitrogen and oxygen atoms in total. The summed E-state index contributed by atoms with van der Waals surface area (Å²) in [5, 5.41) is 6.76. The summed E-state index contributed by atoms with van der Waals surface area (Å²) >= 11 is 8.29. The van der Waals surface area contributed by atoms with E-state index in [1.165, 1.54) is 25.7 Å². The fraction of sp³-hybridized carbons (Fsp3) is 0.600. The van der Waals surface area contributed by atoms with Crippen LogP contribution in [-0.2, 0) is 4.79 Å². The second kappa shape index (κ2) is 10.3. The first-order chi connectivity index (χ1) is 16.0. The molecule has 0 bridgehead atoms. The average molecular weight is 488 g/mol. The van der Waals surface area contributed by atoms with E-state index in [1.54, 1.807) is 6.92 Å². The number of anilines is 1. The van der Waals surface area contributed by atoms with Crippen molar-refractivity contribution < 1.29 is 4.79 Å². The third-order valence-electron chi connectivity index (χ3n) is 7.18. The number of rotatable bonds is 7. The van der Waals surface area contributed by atoms with Gasteiger partial charge >= 0.3 is 0 Å². The zero-order valence-electron chi connectivity index (χ0n) is 19.4. The number of thioether (sulfide) groups is 1. The van der Waals surface area contributed by atoms with Gasteiger partial charge in [-0.15, -0.1) is 11.8 Å². The van der Waals surface area contributed by atoms with Crippen molar-refractivity contribution in [2.24, 2.45) is 4.99 Å². The van der Waals surface area contributed by atoms with Crippen LogP contribution in [0.5, 0.6) is 0 Å². The van der Waals surface area contributed by atoms with Gasteiger partial charge in [0.25, 0.3) is 0 Å². The summed E-state index contributed by atoms with van der Waals surface area (Å²) in [7, 11) is 0. The summed E-state index contributed by atoms with van der Waals surface area (Å²) in [6.07, 6.45) is 7.35. The maximum absolute atomic E-state index is 11.5. The van der Waals surface area contributed by atoms with E-state index in [-0.39, 0.29) is 5.91 Å². The molecule has 2 fully saturated rings. The number of fused-ring (bicyclic) bond motifs is 1. The Bertz CT molecular complexity index is 1020. The van der Waals surface area contributed by atoms with Crippen molar-refractivity contribution in [1.29, 1.82) is 0 Å². The van der Waals surface area contributed by atoms with Gasteiger partial charge in [0.15, 0.2) is 0 Å². The van der Waals surface area contributed by atoms with E-state index in [2.05, 4.69) is 21.3 Å². The van der Waals surface area contributed by atoms with Gasteiger partial charge in [-0.1, -0.05) is 24.4 Å². The number of amides is 1. The van der Waals surface area contributed by atoms with Gasteiger partial charge in [-0.3, -0.25) is 14.7 Å². The van der Waals surface area contributed by atoms with Crippen molar-refractivity contribution in [1.82, 2.24) is 14.8 Å². The maximum Gasteiger partial charge on any atom is 0.219 e. The molecule has 1 saturated heterocycles. The van der Waals surface area contributed by atoms with Gasteiger partial charge in [0.05, 0.1) is 22.9 Å². The van der Waals surface area contributed by atoms with E-state index in [4.69, 9.17) is 16.6 Å². The summed E-state index contributed by atoms with van der Waals surface area (Å²) in [5.74, 6) is 1.25. The minimum absolute atomic E-state index is 0.195. The molecule has 0 unspecified atom stereocenters. The zero-order valence-corrected chi connectivity index (χ0v) is 21.0. The van der Waals surface area contributed by atoms with E-state index in [0.29, 0.717) is 12.1 Å². The van der Waals surface area contributed by atoms with Crippen LogP contribution in [0.25, 0.3) is 10.9 Å². The highest BCUT2D eigenvalue weighted by Gasteiger charge is 2.23. The summed E-state index contributed by atoms with van der Waals surface area (Å²) in [4.78, 5) is 24.6. The van der Waals surface area contributed by atoms with Crippen molar-refractivity contribution in [3.63, 3.8) is 0 Å². The lowest BCUT2D eigenvalue weighted by Crippen LogP contribution is -2.48. The van der Waals surface area contributed by atoms with Crippen LogP contribution in [0.3, 0.4) is 0 Å². The molecule has 1 aromatic carbocycles. The van der Waals surface area contributed by atoms with E-state index in [1.807, 2.05) is 28.8 Å². The number of benzene rings is 1. The first kappa shape index (κ1) is 23.1. The van der Waals surface area contributed by atoms with Gasteiger partial charge in [-0.05, 0) is 50.4 Å². The molecule has 5 rings (SSSR count). The third kappa shape index (κ3) is 5.52. The quantitative estimate of drug-likeness (QED) is 0.578. The Morgan fingerprint density at radius 1 is 1.21 bits per heavy atom. The topological polar surface area (TPSA) is 63.7 Å². The van der Waals surface area contributed by atoms with Crippen molar-refractivity contribution >= 4 is 50.9 Å². The zero-order chi connectivity index (χ0) is 22.8. The lowest BCUT2D eigenvalue weighted by molar-refractivity contribution is -0.130. The first-order valence-electron chi connectivity index (χ1n) is 12.3. The second-order valence-electron chi connectivity index (χ2n) is 9.62. The number of aromatic amines is 1. The van der Waals surface area contributed by atoms with Crippen molar-refractivity contribution in [2.45, 2.75) is 57.5 Å². The fourth-order valence-electron chi connectivity index (χ4n) is 5.27. The van der Waals surface area contributed by atoms with E-state index < -0.39 is 0 Å². The number of nitrogens with zero attached hydrogens (tertiary/aromatic N) is 3. The van der Waals surface area contributed by atoms with Gasteiger partial charge in [0.2, 0.25) is 5.91 Å². The first-order valence-corrected chi connectivity index (χ1v) is 13.7. The molecule has 2 N–H and O–H groups in total. The molecule has 3 aliphatic rings. The van der Waals surface area contributed by atoms with E-state index in [0.717, 1.165) is 83.7 Å². The number of aliphatic imine (C=N–C) groups is 1. The summed E-state index contributed by atoms with van der Waals surface area (Å²) < 4.78 is 0. The molecular formula is C25H34ClN5OS. The van der Waals surface area contributed by atoms with Crippen molar-refractivity contribution in [2.75, 3.05) is 43.8 Å². The molecule has 2 aromatic rings. The molecule has 1 atom stereocenters. The molecule has 33 heavy (non-hydrogen) atoms. The minimum Gasteiger partial charge on any atom is -0.381 e. The van der Waals surface area contributed by atoms with Gasteiger partial charge in [0, 0.05) is 55.3 Å². The number of H-pyrrole nitrogens is 1. The number of carbonyl (C=O) groups is 1. The Morgan fingerprint density at radius 2 is 2.00 bits per heavy atom. The second-order valence-corrected chi connectivity index (χ2v) is 11.1. The van der Waals surface area contributed by atoms with Crippen LogP contribution in [0.15, 0.2) is 23.2 Å². The lowest BCUT2D eigenvalue weighted by atomic mass is 10.1. The van der Waals surface area contributed by atoms with Crippen LogP contribution in [0.2, 0.25) is 5.02 Å². The van der Waals surface area contributed by atoms with E-state index in [9.17, 15) is 4.79 Å². The fourth-order valence-corrected chi connectivity index (χ4v) is 6.58. The van der Waals surface area contributed by atoms with Gasteiger partial charge in [-0.2, -0.15) is 0 Å². The van der Waals surface area contributed by atoms with Crippen LogP contribution >= 0.6 is 23.4 Å². The van der Waals surface area contributed by atoms with Crippen LogP contribution in [-0.4, -0.2) is 76.3 Å². The number of hydrogen-bond acceptors (Lipinski definition) is 5. The largest absolute Gasteiger partial charge is 0.381 e. The lowest BCUT2D eigenvalue weighted by Gasteiger charge is -2.34. The highest BCUT2D eigenvalue weighted by molar-refractivity contribution is 8.14. The highest BCUT2D eigenvalue weighted by atomic mass is 35.5. The van der Waals surface area contributed by atoms with Gasteiger partial charge in [-0.25, -0.2) is 0 Å². The molecular weight excluding hydrogens is 454 g/mol. The van der Waals surface area contributed by atoms with Crippen molar-refractivity contribution in [3.05, 3.63) is 28.9 Å². The Morgan fingerprint density at radius 3 is 2.76 bits per heavy atom. The molecule has 0 radical (unpaired) electrons.